The normalized spacial score (nSPS) is 20.9. The van der Waals surface area contributed by atoms with Crippen LogP contribution in [0.1, 0.15) is 40.7 Å². The smallest absolute Gasteiger partial charge is 0.319 e. The van der Waals surface area contributed by atoms with Gasteiger partial charge in [0.15, 0.2) is 5.78 Å². The number of nitrogens with one attached hydrogen (secondary N) is 1. The largest absolute Gasteiger partial charge is 0.325 e. The van der Waals surface area contributed by atoms with Crippen molar-refractivity contribution in [3.05, 3.63) is 83.4 Å². The van der Waals surface area contributed by atoms with Crippen molar-refractivity contribution < 1.29 is 14.4 Å². The van der Waals surface area contributed by atoms with Crippen LogP contribution in [-0.2, 0) is 16.8 Å². The number of benzene rings is 3. The molecule has 2 aliphatic rings. The van der Waals surface area contributed by atoms with Crippen LogP contribution in [0.4, 0.5) is 4.79 Å². The molecular weight excluding hydrogens is 376 g/mol. The van der Waals surface area contributed by atoms with Gasteiger partial charge in [-0.3, -0.25) is 14.5 Å². The summed E-state index contributed by atoms with van der Waals surface area (Å²) in [5.74, 6) is -0.570. The number of Topliss-reactive ketones (excluding diaryl/α,β-unsaturated/α-hetero) is 1. The van der Waals surface area contributed by atoms with E-state index in [1.165, 1.54) is 0 Å². The average Bonchev–Trinajstić information content (AvgIpc) is 2.91. The van der Waals surface area contributed by atoms with Crippen molar-refractivity contribution in [1.82, 2.24) is 10.2 Å². The molecule has 1 saturated heterocycles. The Bertz CT molecular complexity index is 1190. The van der Waals surface area contributed by atoms with Crippen molar-refractivity contribution in [1.29, 1.82) is 0 Å². The zero-order valence-electron chi connectivity index (χ0n) is 16.6. The molecule has 1 heterocycles. The van der Waals surface area contributed by atoms with Crippen molar-refractivity contribution in [2.24, 2.45) is 0 Å². The van der Waals surface area contributed by atoms with E-state index in [-0.39, 0.29) is 18.2 Å². The van der Waals surface area contributed by atoms with E-state index in [0.29, 0.717) is 12.0 Å². The van der Waals surface area contributed by atoms with Crippen LogP contribution >= 0.6 is 0 Å². The first-order chi connectivity index (χ1) is 14.6. The molecule has 1 N–H and O–H groups in total. The molecule has 0 bridgehead atoms. The molecule has 1 aliphatic heterocycles. The number of carbonyl (C=O) groups is 3. The van der Waals surface area contributed by atoms with Gasteiger partial charge < -0.3 is 5.32 Å². The number of amides is 3. The van der Waals surface area contributed by atoms with E-state index >= 15 is 0 Å². The van der Waals surface area contributed by atoms with Gasteiger partial charge in [-0.05, 0) is 53.6 Å². The first-order valence-electron chi connectivity index (χ1n) is 10.3. The molecule has 1 atom stereocenters. The first-order valence-corrected chi connectivity index (χ1v) is 10.3. The van der Waals surface area contributed by atoms with Crippen molar-refractivity contribution in [2.75, 3.05) is 6.54 Å². The molecule has 1 aliphatic carbocycles. The summed E-state index contributed by atoms with van der Waals surface area (Å²) in [5.41, 5.74) is 1.39. The van der Waals surface area contributed by atoms with Gasteiger partial charge in [-0.1, -0.05) is 60.7 Å². The third kappa shape index (κ3) is 2.89. The van der Waals surface area contributed by atoms with Crippen LogP contribution in [0.2, 0.25) is 0 Å². The lowest BCUT2D eigenvalue weighted by molar-refractivity contribution is -0.131. The number of imide groups is 1. The summed E-state index contributed by atoms with van der Waals surface area (Å²) in [6.07, 6.45) is 3.25. The molecule has 1 unspecified atom stereocenters. The third-order valence-corrected chi connectivity index (χ3v) is 6.27. The average molecular weight is 398 g/mol. The Kier molecular flexibility index (Phi) is 4.39. The highest BCUT2D eigenvalue weighted by Crippen LogP contribution is 2.39. The summed E-state index contributed by atoms with van der Waals surface area (Å²) in [4.78, 5) is 40.3. The Labute approximate surface area is 174 Å². The third-order valence-electron chi connectivity index (χ3n) is 6.27. The Hall–Kier alpha value is -3.47. The van der Waals surface area contributed by atoms with Crippen LogP contribution in [0.25, 0.3) is 10.8 Å². The number of hydrogen-bond donors (Lipinski definition) is 1. The standard InChI is InChI=1S/C25H22N2O3/c28-22(20-13-12-17-7-1-2-10-19(17)15-20)16-27-23(29)25(26-24(27)30)14-6-5-9-18-8-3-4-11-21(18)25/h1-4,7-8,10-13,15H,5-6,9,14,16H2,(H,26,30). The second-order valence-electron chi connectivity index (χ2n) is 8.08. The fourth-order valence-corrected chi connectivity index (χ4v) is 4.71. The Morgan fingerprint density at radius 3 is 2.57 bits per heavy atom. The maximum Gasteiger partial charge on any atom is 0.325 e. The molecular formula is C25H22N2O3. The van der Waals surface area contributed by atoms with Gasteiger partial charge in [0, 0.05) is 5.56 Å². The Morgan fingerprint density at radius 1 is 0.933 bits per heavy atom. The van der Waals surface area contributed by atoms with Crippen molar-refractivity contribution in [2.45, 2.75) is 31.2 Å². The maximum absolute atomic E-state index is 13.5. The molecule has 150 valence electrons. The van der Waals surface area contributed by atoms with E-state index in [1.807, 2.05) is 60.7 Å². The molecule has 5 rings (SSSR count). The molecule has 5 heteroatoms. The highest BCUT2D eigenvalue weighted by atomic mass is 16.2. The molecule has 0 radical (unpaired) electrons. The molecule has 30 heavy (non-hydrogen) atoms. The van der Waals surface area contributed by atoms with Crippen LogP contribution in [0, 0.1) is 0 Å². The van der Waals surface area contributed by atoms with Crippen LogP contribution in [0.15, 0.2) is 66.7 Å². The first kappa shape index (κ1) is 18.6. The number of hydrogen-bond acceptors (Lipinski definition) is 3. The van der Waals surface area contributed by atoms with E-state index < -0.39 is 11.6 Å². The summed E-state index contributed by atoms with van der Waals surface area (Å²) >= 11 is 0. The molecule has 5 nitrogen and oxygen atoms in total. The fraction of sp³-hybridized carbons (Fsp3) is 0.240. The minimum Gasteiger partial charge on any atom is -0.319 e. The van der Waals surface area contributed by atoms with Gasteiger partial charge in [0.1, 0.15) is 5.54 Å². The number of aryl methyl sites for hydroxylation is 1. The Morgan fingerprint density at radius 2 is 1.70 bits per heavy atom. The second-order valence-corrected chi connectivity index (χ2v) is 8.08. The van der Waals surface area contributed by atoms with E-state index in [9.17, 15) is 14.4 Å². The molecule has 3 aromatic rings. The molecule has 1 fully saturated rings. The molecule has 1 spiro atoms. The van der Waals surface area contributed by atoms with Crippen LogP contribution < -0.4 is 5.32 Å². The molecule has 3 amide bonds. The zero-order valence-corrected chi connectivity index (χ0v) is 16.6. The summed E-state index contributed by atoms with van der Waals surface area (Å²) in [6, 6.07) is 20.5. The lowest BCUT2D eigenvalue weighted by Crippen LogP contribution is -2.44. The summed E-state index contributed by atoms with van der Waals surface area (Å²) < 4.78 is 0. The van der Waals surface area contributed by atoms with Gasteiger partial charge in [-0.25, -0.2) is 4.79 Å². The van der Waals surface area contributed by atoms with Crippen LogP contribution in [-0.4, -0.2) is 29.2 Å². The maximum atomic E-state index is 13.5. The minimum atomic E-state index is -1.06. The van der Waals surface area contributed by atoms with Gasteiger partial charge in [0.2, 0.25) is 0 Å². The monoisotopic (exact) mass is 398 g/mol. The quantitative estimate of drug-likeness (QED) is 0.531. The van der Waals surface area contributed by atoms with E-state index in [2.05, 4.69) is 5.32 Å². The van der Waals surface area contributed by atoms with Crippen molar-refractivity contribution in [3.8, 4) is 0 Å². The predicted molar refractivity (Wildman–Crippen MR) is 114 cm³/mol. The minimum absolute atomic E-state index is 0.247. The van der Waals surface area contributed by atoms with Gasteiger partial charge >= 0.3 is 6.03 Å². The number of ketones is 1. The van der Waals surface area contributed by atoms with Crippen LogP contribution in [0.5, 0.6) is 0 Å². The molecule has 3 aromatic carbocycles. The van der Waals surface area contributed by atoms with Gasteiger partial charge in [-0.15, -0.1) is 0 Å². The lowest BCUT2D eigenvalue weighted by atomic mass is 9.84. The second kappa shape index (κ2) is 7.10. The highest BCUT2D eigenvalue weighted by Gasteiger charge is 2.53. The van der Waals surface area contributed by atoms with Crippen molar-refractivity contribution in [3.63, 3.8) is 0 Å². The molecule has 0 aromatic heterocycles. The van der Waals surface area contributed by atoms with Gasteiger partial charge in [0.05, 0.1) is 6.54 Å². The number of nitrogens with zero attached hydrogens (tertiary/aromatic N) is 1. The lowest BCUT2D eigenvalue weighted by Gasteiger charge is -2.27. The van der Waals surface area contributed by atoms with Crippen LogP contribution in [0.3, 0.4) is 0 Å². The number of carbonyl (C=O) groups excluding carboxylic acids is 3. The van der Waals surface area contributed by atoms with Gasteiger partial charge in [-0.2, -0.15) is 0 Å². The zero-order chi connectivity index (χ0) is 20.7. The number of rotatable bonds is 3. The summed E-state index contributed by atoms with van der Waals surface area (Å²) in [6.45, 7) is -0.257. The van der Waals surface area contributed by atoms with E-state index in [0.717, 1.165) is 46.1 Å². The summed E-state index contributed by atoms with van der Waals surface area (Å²) in [5, 5.41) is 4.93. The Balaban J connectivity index is 1.45. The number of urea groups is 1. The topological polar surface area (TPSA) is 66.5 Å². The van der Waals surface area contributed by atoms with Crippen molar-refractivity contribution >= 4 is 28.5 Å². The molecule has 0 saturated carbocycles. The number of fused-ring (bicyclic) bond motifs is 3. The van der Waals surface area contributed by atoms with E-state index in [1.54, 1.807) is 6.07 Å². The fourth-order valence-electron chi connectivity index (χ4n) is 4.71. The predicted octanol–water partition coefficient (Wildman–Crippen LogP) is 4.20. The SMILES string of the molecule is O=C(CN1C(=O)NC2(CCCCc3ccccc32)C1=O)c1ccc2ccccc2c1. The van der Waals surface area contributed by atoms with E-state index in [4.69, 9.17) is 0 Å². The van der Waals surface area contributed by atoms with Gasteiger partial charge in [0.25, 0.3) is 5.91 Å². The summed E-state index contributed by atoms with van der Waals surface area (Å²) in [7, 11) is 0. The highest BCUT2D eigenvalue weighted by molar-refractivity contribution is 6.12.